The van der Waals surface area contributed by atoms with Crippen molar-refractivity contribution >= 4 is 5.91 Å². The average molecular weight is 162 g/mol. The second-order valence-corrected chi connectivity index (χ2v) is 2.06. The Morgan fingerprint density at radius 2 is 2.33 bits per heavy atom. The summed E-state index contributed by atoms with van der Waals surface area (Å²) in [5.74, 6) is 3.85. The smallest absolute Gasteiger partial charge is 0.293 e. The van der Waals surface area contributed by atoms with Crippen molar-refractivity contribution in [3.05, 3.63) is 34.2 Å². The molecule has 0 aliphatic heterocycles. The Morgan fingerprint density at radius 3 is 2.92 bits per heavy atom. The number of nitrogens with two attached hydrogens (primary N) is 1. The Bertz CT molecular complexity index is 409. The number of carbonyl (C=O) groups is 1. The molecule has 1 rings (SSSR count). The van der Waals surface area contributed by atoms with Gasteiger partial charge in [0.1, 0.15) is 0 Å². The zero-order valence-electron chi connectivity index (χ0n) is 6.13. The van der Waals surface area contributed by atoms with E-state index >= 15 is 0 Å². The molecule has 0 aliphatic rings. The van der Waals surface area contributed by atoms with Gasteiger partial charge in [-0.1, -0.05) is 5.92 Å². The molecule has 0 bridgehead atoms. The first-order valence-corrected chi connectivity index (χ1v) is 3.18. The van der Waals surface area contributed by atoms with Crippen molar-refractivity contribution in [1.82, 2.24) is 4.98 Å². The summed E-state index contributed by atoms with van der Waals surface area (Å²) in [6.45, 7) is 0. The van der Waals surface area contributed by atoms with Gasteiger partial charge in [0.25, 0.3) is 5.91 Å². The van der Waals surface area contributed by atoms with Crippen LogP contribution in [0.15, 0.2) is 23.1 Å². The van der Waals surface area contributed by atoms with Gasteiger partial charge >= 0.3 is 0 Å². The molecule has 0 aliphatic carbocycles. The van der Waals surface area contributed by atoms with Gasteiger partial charge in [-0.2, -0.15) is 0 Å². The van der Waals surface area contributed by atoms with Gasteiger partial charge in [0, 0.05) is 17.8 Å². The van der Waals surface area contributed by atoms with Crippen LogP contribution >= 0.6 is 0 Å². The Balaban J connectivity index is 3.00. The van der Waals surface area contributed by atoms with Crippen LogP contribution in [0.1, 0.15) is 5.56 Å². The lowest BCUT2D eigenvalue weighted by Crippen LogP contribution is -2.07. The predicted molar refractivity (Wildman–Crippen MR) is 43.1 cm³/mol. The van der Waals surface area contributed by atoms with Crippen molar-refractivity contribution in [3.63, 3.8) is 0 Å². The summed E-state index contributed by atoms with van der Waals surface area (Å²) in [6, 6.07) is 2.87. The highest BCUT2D eigenvalue weighted by molar-refractivity contribution is 5.92. The third kappa shape index (κ3) is 2.31. The monoisotopic (exact) mass is 162 g/mol. The summed E-state index contributed by atoms with van der Waals surface area (Å²) in [5.41, 5.74) is 4.99. The molecule has 1 aromatic heterocycles. The van der Waals surface area contributed by atoms with E-state index in [1.165, 1.54) is 12.3 Å². The Kier molecular flexibility index (Phi) is 2.29. The number of rotatable bonds is 0. The number of aromatic nitrogens is 1. The number of H-pyrrole nitrogens is 1. The highest BCUT2D eigenvalue weighted by Crippen LogP contribution is 1.87. The minimum Gasteiger partial charge on any atom is -0.359 e. The number of primary amides is 1. The zero-order chi connectivity index (χ0) is 8.97. The molecule has 4 nitrogen and oxygen atoms in total. The van der Waals surface area contributed by atoms with Crippen molar-refractivity contribution in [1.29, 1.82) is 0 Å². The van der Waals surface area contributed by atoms with Crippen molar-refractivity contribution in [3.8, 4) is 11.8 Å². The minimum atomic E-state index is -0.713. The Morgan fingerprint density at radius 1 is 1.58 bits per heavy atom. The van der Waals surface area contributed by atoms with Gasteiger partial charge in [0.15, 0.2) is 0 Å². The summed E-state index contributed by atoms with van der Waals surface area (Å²) in [7, 11) is 0. The molecule has 0 saturated carbocycles. The molecule has 0 fully saturated rings. The maximum absolute atomic E-state index is 10.7. The lowest BCUT2D eigenvalue weighted by atomic mass is 10.3. The van der Waals surface area contributed by atoms with E-state index in [0.717, 1.165) is 0 Å². The molecule has 0 spiro atoms. The van der Waals surface area contributed by atoms with Crippen LogP contribution in [-0.2, 0) is 4.79 Å². The van der Waals surface area contributed by atoms with E-state index in [1.54, 1.807) is 6.07 Å². The number of hydrogen-bond donors (Lipinski definition) is 2. The van der Waals surface area contributed by atoms with Crippen LogP contribution in [-0.4, -0.2) is 10.9 Å². The standard InChI is InChI=1S/C8H6N2O2/c9-7(11)2-1-6-3-4-10-8(12)5-6/h3-5H,(H2,9,11)(H,10,12). The summed E-state index contributed by atoms with van der Waals surface area (Å²) in [4.78, 5) is 23.3. The van der Waals surface area contributed by atoms with Crippen LogP contribution in [0.25, 0.3) is 0 Å². The molecule has 0 aromatic carbocycles. The molecular formula is C8H6N2O2. The van der Waals surface area contributed by atoms with Crippen molar-refractivity contribution in [2.75, 3.05) is 0 Å². The first-order chi connectivity index (χ1) is 5.68. The molecule has 1 heterocycles. The normalized spacial score (nSPS) is 8.33. The van der Waals surface area contributed by atoms with Gasteiger partial charge in [-0.25, -0.2) is 0 Å². The topological polar surface area (TPSA) is 76.0 Å². The van der Waals surface area contributed by atoms with Gasteiger partial charge in [0.05, 0.1) is 0 Å². The third-order valence-corrected chi connectivity index (χ3v) is 1.11. The van der Waals surface area contributed by atoms with Crippen LogP contribution in [0.2, 0.25) is 0 Å². The quantitative estimate of drug-likeness (QED) is 0.490. The van der Waals surface area contributed by atoms with E-state index in [-0.39, 0.29) is 5.56 Å². The summed E-state index contributed by atoms with van der Waals surface area (Å²) in [6.07, 6.45) is 1.45. The van der Waals surface area contributed by atoms with Crippen molar-refractivity contribution < 1.29 is 4.79 Å². The molecular weight excluding hydrogens is 156 g/mol. The van der Waals surface area contributed by atoms with Gasteiger partial charge in [-0.15, -0.1) is 0 Å². The van der Waals surface area contributed by atoms with E-state index in [0.29, 0.717) is 5.56 Å². The van der Waals surface area contributed by atoms with E-state index in [4.69, 9.17) is 5.73 Å². The molecule has 0 radical (unpaired) electrons. The second-order valence-electron chi connectivity index (χ2n) is 2.06. The highest BCUT2D eigenvalue weighted by atomic mass is 16.1. The van der Waals surface area contributed by atoms with E-state index in [1.807, 2.05) is 0 Å². The van der Waals surface area contributed by atoms with E-state index < -0.39 is 5.91 Å². The predicted octanol–water partition coefficient (Wildman–Crippen LogP) is -0.788. The van der Waals surface area contributed by atoms with Gasteiger partial charge in [-0.05, 0) is 12.0 Å². The van der Waals surface area contributed by atoms with E-state index in [2.05, 4.69) is 16.8 Å². The maximum atomic E-state index is 10.7. The Labute approximate surface area is 68.4 Å². The molecule has 60 valence electrons. The molecule has 3 N–H and O–H groups in total. The fraction of sp³-hybridized carbons (Fsp3) is 0. The summed E-state index contributed by atoms with van der Waals surface area (Å²) >= 11 is 0. The minimum absolute atomic E-state index is 0.258. The van der Waals surface area contributed by atoms with Crippen LogP contribution in [0, 0.1) is 11.8 Å². The number of hydrogen-bond acceptors (Lipinski definition) is 2. The third-order valence-electron chi connectivity index (χ3n) is 1.11. The van der Waals surface area contributed by atoms with Crippen LogP contribution < -0.4 is 11.3 Å². The molecule has 0 unspecified atom stereocenters. The van der Waals surface area contributed by atoms with Crippen LogP contribution in [0.3, 0.4) is 0 Å². The number of amides is 1. The van der Waals surface area contributed by atoms with Gasteiger partial charge < -0.3 is 10.7 Å². The first kappa shape index (κ1) is 8.08. The lowest BCUT2D eigenvalue weighted by Gasteiger charge is -1.84. The molecule has 12 heavy (non-hydrogen) atoms. The van der Waals surface area contributed by atoms with Gasteiger partial charge in [-0.3, -0.25) is 9.59 Å². The molecule has 1 amide bonds. The number of carbonyl (C=O) groups excluding carboxylic acids is 1. The second kappa shape index (κ2) is 3.39. The van der Waals surface area contributed by atoms with Crippen LogP contribution in [0.5, 0.6) is 0 Å². The number of aromatic amines is 1. The van der Waals surface area contributed by atoms with Crippen LogP contribution in [0.4, 0.5) is 0 Å². The SMILES string of the molecule is NC(=O)C#Cc1cc[nH]c(=O)c1. The fourth-order valence-corrected chi connectivity index (χ4v) is 0.656. The highest BCUT2D eigenvalue weighted by Gasteiger charge is 1.87. The fourth-order valence-electron chi connectivity index (χ4n) is 0.656. The molecule has 0 atom stereocenters. The first-order valence-electron chi connectivity index (χ1n) is 3.18. The molecule has 4 heteroatoms. The van der Waals surface area contributed by atoms with Gasteiger partial charge in [0.2, 0.25) is 5.56 Å². The summed E-state index contributed by atoms with van der Waals surface area (Å²) in [5, 5.41) is 0. The van der Waals surface area contributed by atoms with Crippen molar-refractivity contribution in [2.45, 2.75) is 0 Å². The number of pyridine rings is 1. The largest absolute Gasteiger partial charge is 0.359 e. The zero-order valence-corrected chi connectivity index (χ0v) is 6.13. The molecule has 1 aromatic rings. The van der Waals surface area contributed by atoms with Crippen molar-refractivity contribution in [2.24, 2.45) is 5.73 Å². The maximum Gasteiger partial charge on any atom is 0.293 e. The Hall–Kier alpha value is -2.02. The average Bonchev–Trinajstić information content (AvgIpc) is 2.01. The number of nitrogens with one attached hydrogen (secondary N) is 1. The lowest BCUT2D eigenvalue weighted by molar-refractivity contribution is -0.112. The van der Waals surface area contributed by atoms with E-state index in [9.17, 15) is 9.59 Å². The summed E-state index contributed by atoms with van der Waals surface area (Å²) < 4.78 is 0. The molecule has 0 saturated heterocycles.